The highest BCUT2D eigenvalue weighted by Crippen LogP contribution is 2.28. The van der Waals surface area contributed by atoms with E-state index in [4.69, 9.17) is 0 Å². The van der Waals surface area contributed by atoms with Gasteiger partial charge in [-0.3, -0.25) is 4.79 Å². The minimum absolute atomic E-state index is 0.0461. The topological polar surface area (TPSA) is 94.8 Å². The van der Waals surface area contributed by atoms with Crippen LogP contribution in [-0.2, 0) is 17.6 Å². The van der Waals surface area contributed by atoms with E-state index in [-0.39, 0.29) is 11.8 Å². The van der Waals surface area contributed by atoms with Crippen molar-refractivity contribution in [1.82, 2.24) is 15.2 Å². The van der Waals surface area contributed by atoms with E-state index in [1.54, 1.807) is 6.07 Å². The highest BCUT2D eigenvalue weighted by molar-refractivity contribution is 5.92. The lowest BCUT2D eigenvalue weighted by atomic mass is 9.96. The summed E-state index contributed by atoms with van der Waals surface area (Å²) in [6.07, 6.45) is 3.16. The van der Waals surface area contributed by atoms with Crippen molar-refractivity contribution in [3.63, 3.8) is 0 Å². The zero-order valence-electron chi connectivity index (χ0n) is 16.7. The second-order valence-electron chi connectivity index (χ2n) is 7.08. The van der Waals surface area contributed by atoms with Crippen LogP contribution in [0.3, 0.4) is 0 Å². The Balaban J connectivity index is 1.80. The fourth-order valence-electron chi connectivity index (χ4n) is 3.73. The zero-order valence-corrected chi connectivity index (χ0v) is 16.7. The lowest BCUT2D eigenvalue weighted by Gasteiger charge is -2.33. The summed E-state index contributed by atoms with van der Waals surface area (Å²) in [5, 5.41) is 21.4. The van der Waals surface area contributed by atoms with Crippen molar-refractivity contribution in [1.29, 1.82) is 5.26 Å². The molecule has 3 rings (SSSR count). The number of carbonyl (C=O) groups excluding carboxylic acids is 1. The van der Waals surface area contributed by atoms with Crippen LogP contribution in [0, 0.1) is 24.2 Å². The smallest absolute Gasteiger partial charge is 0.230 e. The van der Waals surface area contributed by atoms with Crippen LogP contribution in [0.2, 0.25) is 0 Å². The van der Waals surface area contributed by atoms with Gasteiger partial charge in [0.1, 0.15) is 17.5 Å². The van der Waals surface area contributed by atoms with E-state index >= 15 is 0 Å². The van der Waals surface area contributed by atoms with Crippen molar-refractivity contribution in [3.8, 4) is 6.07 Å². The number of piperidine rings is 1. The van der Waals surface area contributed by atoms with Gasteiger partial charge in [0.25, 0.3) is 0 Å². The van der Waals surface area contributed by atoms with Crippen LogP contribution in [0.1, 0.15) is 49.2 Å². The summed E-state index contributed by atoms with van der Waals surface area (Å²) >= 11 is 0. The van der Waals surface area contributed by atoms with Crippen LogP contribution in [-0.4, -0.2) is 34.2 Å². The number of amides is 1. The molecule has 1 unspecified atom stereocenters. The van der Waals surface area contributed by atoms with Crippen LogP contribution < -0.4 is 10.2 Å². The number of pyridine rings is 1. The molecule has 7 nitrogen and oxygen atoms in total. The van der Waals surface area contributed by atoms with Gasteiger partial charge in [-0.1, -0.05) is 19.9 Å². The molecule has 2 aromatic rings. The highest BCUT2D eigenvalue weighted by atomic mass is 16.2. The third-order valence-electron chi connectivity index (χ3n) is 5.17. The molecule has 1 aliphatic rings. The Labute approximate surface area is 165 Å². The maximum Gasteiger partial charge on any atom is 0.230 e. The molecule has 3 heterocycles. The summed E-state index contributed by atoms with van der Waals surface area (Å²) in [6.45, 7) is 7.23. The van der Waals surface area contributed by atoms with E-state index in [1.165, 1.54) is 0 Å². The van der Waals surface area contributed by atoms with E-state index in [0.717, 1.165) is 49.2 Å². The van der Waals surface area contributed by atoms with Gasteiger partial charge in [-0.05, 0) is 50.3 Å². The van der Waals surface area contributed by atoms with E-state index in [0.29, 0.717) is 23.7 Å². The van der Waals surface area contributed by atoms with Crippen LogP contribution in [0.5, 0.6) is 0 Å². The average molecular weight is 378 g/mol. The molecule has 28 heavy (non-hydrogen) atoms. The van der Waals surface area contributed by atoms with Gasteiger partial charge in [0.2, 0.25) is 5.91 Å². The number of carbonyl (C=O) groups is 1. The lowest BCUT2D eigenvalue weighted by Crippen LogP contribution is -2.41. The van der Waals surface area contributed by atoms with Crippen molar-refractivity contribution in [3.05, 3.63) is 40.7 Å². The Kier molecular flexibility index (Phi) is 6.19. The monoisotopic (exact) mass is 378 g/mol. The molecule has 1 N–H and O–H groups in total. The van der Waals surface area contributed by atoms with E-state index < -0.39 is 0 Å². The standard InChI is InChI=1S/C21H26N6O/c1-4-16-17(12-22)20(26-25-18(16)5-2)27-11-7-9-15(13-27)21(28)24-19-10-6-8-14(3)23-19/h6,8,10,15H,4-5,7,9,11,13H2,1-3H3,(H,23,24,28). The second-order valence-corrected chi connectivity index (χ2v) is 7.08. The van der Waals surface area contributed by atoms with Crippen LogP contribution in [0.25, 0.3) is 0 Å². The van der Waals surface area contributed by atoms with Crippen molar-refractivity contribution in [2.24, 2.45) is 5.92 Å². The Bertz CT molecular complexity index is 904. The molecule has 1 amide bonds. The van der Waals surface area contributed by atoms with Gasteiger partial charge < -0.3 is 10.2 Å². The molecule has 0 spiro atoms. The molecule has 0 bridgehead atoms. The van der Waals surface area contributed by atoms with Crippen LogP contribution in [0.15, 0.2) is 18.2 Å². The molecule has 1 aliphatic heterocycles. The Morgan fingerprint density at radius 3 is 2.82 bits per heavy atom. The third-order valence-corrected chi connectivity index (χ3v) is 5.17. The van der Waals surface area contributed by atoms with Gasteiger partial charge in [0.05, 0.1) is 11.6 Å². The summed E-state index contributed by atoms with van der Waals surface area (Å²) in [7, 11) is 0. The Morgan fingerprint density at radius 1 is 1.32 bits per heavy atom. The summed E-state index contributed by atoms with van der Waals surface area (Å²) in [5.41, 5.74) is 3.29. The van der Waals surface area contributed by atoms with Crippen molar-refractivity contribution in [2.75, 3.05) is 23.3 Å². The number of rotatable bonds is 5. The van der Waals surface area contributed by atoms with Crippen molar-refractivity contribution in [2.45, 2.75) is 46.5 Å². The summed E-state index contributed by atoms with van der Waals surface area (Å²) in [5.74, 6) is 0.943. The Hall–Kier alpha value is -3.01. The number of aromatic nitrogens is 3. The number of anilines is 2. The minimum atomic E-state index is -0.180. The number of nitriles is 1. The first-order valence-electron chi connectivity index (χ1n) is 9.85. The van der Waals surface area contributed by atoms with Gasteiger partial charge in [0, 0.05) is 18.8 Å². The van der Waals surface area contributed by atoms with Crippen molar-refractivity contribution >= 4 is 17.5 Å². The molecule has 1 atom stereocenters. The summed E-state index contributed by atoms with van der Waals surface area (Å²) in [6, 6.07) is 7.89. The lowest BCUT2D eigenvalue weighted by molar-refractivity contribution is -0.120. The first-order valence-corrected chi connectivity index (χ1v) is 9.85. The van der Waals surface area contributed by atoms with Crippen LogP contribution in [0.4, 0.5) is 11.6 Å². The third kappa shape index (κ3) is 4.11. The maximum absolute atomic E-state index is 12.8. The van der Waals surface area contributed by atoms with Crippen LogP contribution >= 0.6 is 0 Å². The molecular formula is C21H26N6O. The molecule has 0 radical (unpaired) electrons. The highest BCUT2D eigenvalue weighted by Gasteiger charge is 2.29. The first kappa shape index (κ1) is 19.7. The maximum atomic E-state index is 12.8. The SMILES string of the molecule is CCc1nnc(N2CCCC(C(=O)Nc3cccc(C)n3)C2)c(C#N)c1CC. The number of hydrogen-bond donors (Lipinski definition) is 1. The van der Waals surface area contributed by atoms with Gasteiger partial charge >= 0.3 is 0 Å². The van der Waals surface area contributed by atoms with E-state index in [1.807, 2.05) is 37.8 Å². The molecule has 146 valence electrons. The average Bonchev–Trinajstić information content (AvgIpc) is 2.72. The van der Waals surface area contributed by atoms with Gasteiger partial charge in [-0.25, -0.2) is 4.98 Å². The molecule has 0 aliphatic carbocycles. The minimum Gasteiger partial charge on any atom is -0.353 e. The number of nitrogens with one attached hydrogen (secondary N) is 1. The predicted octanol–water partition coefficient (Wildman–Crippen LogP) is 3.03. The van der Waals surface area contributed by atoms with E-state index in [2.05, 4.69) is 26.6 Å². The molecule has 2 aromatic heterocycles. The van der Waals surface area contributed by atoms with E-state index in [9.17, 15) is 10.1 Å². The molecule has 1 fully saturated rings. The molecule has 7 heteroatoms. The fraction of sp³-hybridized carbons (Fsp3) is 0.476. The summed E-state index contributed by atoms with van der Waals surface area (Å²) in [4.78, 5) is 19.1. The zero-order chi connectivity index (χ0) is 20.1. The van der Waals surface area contributed by atoms with Gasteiger partial charge in [-0.2, -0.15) is 10.4 Å². The quantitative estimate of drug-likeness (QED) is 0.859. The second kappa shape index (κ2) is 8.79. The number of aryl methyl sites for hydroxylation is 2. The largest absolute Gasteiger partial charge is 0.353 e. The normalized spacial score (nSPS) is 16.5. The van der Waals surface area contributed by atoms with Gasteiger partial charge in [-0.15, -0.1) is 5.10 Å². The fourth-order valence-corrected chi connectivity index (χ4v) is 3.73. The van der Waals surface area contributed by atoms with Crippen molar-refractivity contribution < 1.29 is 4.79 Å². The molecular weight excluding hydrogens is 352 g/mol. The van der Waals surface area contributed by atoms with Gasteiger partial charge in [0.15, 0.2) is 5.82 Å². The summed E-state index contributed by atoms with van der Waals surface area (Å²) < 4.78 is 0. The molecule has 0 aromatic carbocycles. The molecule has 0 saturated carbocycles. The number of nitrogens with zero attached hydrogens (tertiary/aromatic N) is 5. The predicted molar refractivity (Wildman–Crippen MR) is 108 cm³/mol. The number of hydrogen-bond acceptors (Lipinski definition) is 6. The Morgan fingerprint density at radius 2 is 2.14 bits per heavy atom. The first-order chi connectivity index (χ1) is 13.6. The molecule has 1 saturated heterocycles.